The molecule has 4 N–H and O–H groups in total. The largest absolute Gasteiger partial charge is 1.00 e. The van der Waals surface area contributed by atoms with Crippen molar-refractivity contribution in [1.82, 2.24) is 0 Å². The van der Waals surface area contributed by atoms with Gasteiger partial charge in [-0.15, -0.1) is 0 Å². The first-order chi connectivity index (χ1) is 5.29. The van der Waals surface area contributed by atoms with Crippen LogP contribution in [0.15, 0.2) is 36.4 Å². The summed E-state index contributed by atoms with van der Waals surface area (Å²) in [5.74, 6) is -1.17. The Bertz CT molecular complexity index is 271. The van der Waals surface area contributed by atoms with Crippen molar-refractivity contribution in [2.75, 3.05) is 0 Å². The van der Waals surface area contributed by atoms with Crippen molar-refractivity contribution in [3.8, 4) is 0 Å². The van der Waals surface area contributed by atoms with Gasteiger partial charge in [0.05, 0.1) is 5.97 Å². The van der Waals surface area contributed by atoms with Crippen molar-refractivity contribution in [2.24, 2.45) is 0 Å². The first kappa shape index (κ1) is 19.5. The molecule has 0 fully saturated rings. The van der Waals surface area contributed by atoms with Gasteiger partial charge in [0, 0.05) is 0 Å². The minimum atomic E-state index is -1.17. The summed E-state index contributed by atoms with van der Waals surface area (Å²) in [6, 6.07) is 9.19. The minimum Gasteiger partial charge on any atom is -0.545 e. The zero-order valence-electron chi connectivity index (χ0n) is 7.86. The molecular weight excluding hydrogens is 211 g/mol. The normalized spacial score (nSPS) is 8.00. The second-order valence-corrected chi connectivity index (χ2v) is 2.06. The van der Waals surface area contributed by atoms with E-state index < -0.39 is 5.97 Å². The molecule has 14 heavy (non-hydrogen) atoms. The summed E-state index contributed by atoms with van der Waals surface area (Å²) in [7, 11) is 0. The van der Waals surface area contributed by atoms with Gasteiger partial charge in [-0.25, -0.2) is 0 Å². The second kappa shape index (κ2) is 11.1. The second-order valence-electron chi connectivity index (χ2n) is 2.06. The fourth-order valence-electron chi connectivity index (χ4n) is 0.728. The zero-order valence-corrected chi connectivity index (χ0v) is 11.0. The summed E-state index contributed by atoms with van der Waals surface area (Å²) >= 11 is 0. The Hall–Kier alpha value is -0.0136. The van der Waals surface area contributed by atoms with Crippen LogP contribution < -0.4 is 56.5 Å². The summed E-state index contributed by atoms with van der Waals surface area (Å²) in [4.78, 5) is 9.97. The van der Waals surface area contributed by atoms with Crippen LogP contribution in [0.25, 0.3) is 6.08 Å². The van der Waals surface area contributed by atoms with Crippen molar-refractivity contribution >= 4 is 12.0 Å². The van der Waals surface area contributed by atoms with Crippen LogP contribution in [0.2, 0.25) is 0 Å². The van der Waals surface area contributed by atoms with Crippen LogP contribution >= 0.6 is 0 Å². The number of carbonyl (C=O) groups is 1. The Kier molecular flexibility index (Phi) is 15.4. The third kappa shape index (κ3) is 8.58. The van der Waals surface area contributed by atoms with Gasteiger partial charge >= 0.3 is 51.4 Å². The summed E-state index contributed by atoms with van der Waals surface area (Å²) in [6.07, 6.45) is 2.50. The molecule has 0 spiro atoms. The standard InChI is InChI=1S/C9H8O2.K.2H2O/c10-9(11)7-6-8-4-2-1-3-5-8;;;/h1-7H,(H,10,11);;2*1H2/q;+1;;/p-1. The average Bonchev–Trinajstić information content (AvgIpc) is 2.03. The number of hydrogen-bond acceptors (Lipinski definition) is 2. The SMILES string of the molecule is O.O.O=C([O-])C=Cc1ccccc1.[K+]. The van der Waals surface area contributed by atoms with E-state index in [9.17, 15) is 9.90 Å². The molecule has 5 heteroatoms. The van der Waals surface area contributed by atoms with E-state index in [2.05, 4.69) is 0 Å². The number of rotatable bonds is 2. The van der Waals surface area contributed by atoms with E-state index >= 15 is 0 Å². The van der Waals surface area contributed by atoms with Crippen LogP contribution in [0, 0.1) is 0 Å². The number of aliphatic carboxylic acids is 1. The quantitative estimate of drug-likeness (QED) is 0.374. The predicted octanol–water partition coefficient (Wildman–Crippen LogP) is -4.20. The molecular formula is C9H11KO4. The Balaban J connectivity index is -0.000000403. The number of hydrogen-bond donors (Lipinski definition) is 0. The van der Waals surface area contributed by atoms with E-state index in [4.69, 9.17) is 0 Å². The minimum absolute atomic E-state index is 0. The van der Waals surface area contributed by atoms with E-state index in [1.165, 1.54) is 6.08 Å². The molecule has 1 aromatic carbocycles. The average molecular weight is 222 g/mol. The molecule has 0 aliphatic rings. The van der Waals surface area contributed by atoms with Crippen molar-refractivity contribution in [2.45, 2.75) is 0 Å². The van der Waals surface area contributed by atoms with Crippen LogP contribution in [-0.4, -0.2) is 16.9 Å². The van der Waals surface area contributed by atoms with Crippen LogP contribution in [0.5, 0.6) is 0 Å². The maximum Gasteiger partial charge on any atom is 1.00 e. The van der Waals surface area contributed by atoms with Crippen molar-refractivity contribution in [3.63, 3.8) is 0 Å². The van der Waals surface area contributed by atoms with Crippen LogP contribution in [0.1, 0.15) is 5.56 Å². The molecule has 0 amide bonds. The molecule has 0 radical (unpaired) electrons. The number of carboxylic acid groups (broad SMARTS) is 1. The molecule has 0 atom stereocenters. The molecule has 0 aromatic heterocycles. The Morgan fingerprint density at radius 3 is 2.07 bits per heavy atom. The first-order valence-corrected chi connectivity index (χ1v) is 3.23. The van der Waals surface area contributed by atoms with Gasteiger partial charge in [-0.05, 0) is 11.6 Å². The third-order valence-electron chi connectivity index (χ3n) is 1.21. The monoisotopic (exact) mass is 222 g/mol. The van der Waals surface area contributed by atoms with Crippen LogP contribution in [0.4, 0.5) is 0 Å². The zero-order chi connectivity index (χ0) is 8.10. The van der Waals surface area contributed by atoms with Crippen molar-refractivity contribution < 1.29 is 72.2 Å². The Morgan fingerprint density at radius 1 is 1.14 bits per heavy atom. The molecule has 0 saturated heterocycles. The topological polar surface area (TPSA) is 103 Å². The van der Waals surface area contributed by atoms with E-state index in [0.717, 1.165) is 11.6 Å². The maximum absolute atomic E-state index is 9.97. The summed E-state index contributed by atoms with van der Waals surface area (Å²) in [6.45, 7) is 0. The molecule has 4 nitrogen and oxygen atoms in total. The van der Waals surface area contributed by atoms with Gasteiger partial charge in [0.1, 0.15) is 0 Å². The first-order valence-electron chi connectivity index (χ1n) is 3.23. The molecule has 72 valence electrons. The summed E-state index contributed by atoms with van der Waals surface area (Å²) in [5, 5.41) is 9.97. The third-order valence-corrected chi connectivity index (χ3v) is 1.21. The van der Waals surface area contributed by atoms with Crippen molar-refractivity contribution in [3.05, 3.63) is 42.0 Å². The predicted molar refractivity (Wildman–Crippen MR) is 47.7 cm³/mol. The molecule has 0 aliphatic heterocycles. The molecule has 0 saturated carbocycles. The van der Waals surface area contributed by atoms with Gasteiger partial charge < -0.3 is 20.9 Å². The molecule has 1 rings (SSSR count). The fraction of sp³-hybridized carbons (Fsp3) is 0. The molecule has 0 heterocycles. The van der Waals surface area contributed by atoms with E-state index in [1.54, 1.807) is 0 Å². The van der Waals surface area contributed by atoms with E-state index in [-0.39, 0.29) is 62.3 Å². The molecule has 1 aromatic rings. The molecule has 0 unspecified atom stereocenters. The fourth-order valence-corrected chi connectivity index (χ4v) is 0.728. The van der Waals surface area contributed by atoms with E-state index in [0.29, 0.717) is 0 Å². The van der Waals surface area contributed by atoms with Gasteiger partial charge in [0.15, 0.2) is 0 Å². The summed E-state index contributed by atoms with van der Waals surface area (Å²) in [5.41, 5.74) is 0.858. The van der Waals surface area contributed by atoms with Crippen LogP contribution in [0.3, 0.4) is 0 Å². The van der Waals surface area contributed by atoms with Crippen LogP contribution in [-0.2, 0) is 4.79 Å². The molecule has 0 aliphatic carbocycles. The number of carbonyl (C=O) groups excluding carboxylic acids is 1. The maximum atomic E-state index is 9.97. The van der Waals surface area contributed by atoms with Gasteiger partial charge in [0.2, 0.25) is 0 Å². The van der Waals surface area contributed by atoms with Crippen molar-refractivity contribution in [1.29, 1.82) is 0 Å². The number of benzene rings is 1. The van der Waals surface area contributed by atoms with Gasteiger partial charge in [-0.2, -0.15) is 0 Å². The van der Waals surface area contributed by atoms with Gasteiger partial charge in [-0.3, -0.25) is 0 Å². The summed E-state index contributed by atoms with van der Waals surface area (Å²) < 4.78 is 0. The van der Waals surface area contributed by atoms with Gasteiger partial charge in [0.25, 0.3) is 0 Å². The van der Waals surface area contributed by atoms with Gasteiger partial charge in [-0.1, -0.05) is 36.4 Å². The Labute approximate surface area is 125 Å². The Morgan fingerprint density at radius 2 is 1.64 bits per heavy atom. The molecule has 0 bridgehead atoms. The van der Waals surface area contributed by atoms with E-state index in [1.807, 2.05) is 30.3 Å². The number of carboxylic acids is 1. The smallest absolute Gasteiger partial charge is 0.545 e.